The predicted molar refractivity (Wildman–Crippen MR) is 118 cm³/mol. The summed E-state index contributed by atoms with van der Waals surface area (Å²) in [6.45, 7) is -0.512. The van der Waals surface area contributed by atoms with Crippen LogP contribution >= 0.6 is 55.1 Å². The molecule has 0 bridgehead atoms. The summed E-state index contributed by atoms with van der Waals surface area (Å²) in [6, 6.07) is 7.70. The van der Waals surface area contributed by atoms with E-state index < -0.39 is 24.5 Å². The van der Waals surface area contributed by atoms with Crippen LogP contribution in [-0.4, -0.2) is 34.5 Å². The van der Waals surface area contributed by atoms with Crippen LogP contribution in [0.15, 0.2) is 45.0 Å². The maximum Gasteiger partial charge on any atom is 0.329 e. The molecule has 1 aliphatic rings. The van der Waals surface area contributed by atoms with Gasteiger partial charge in [-0.1, -0.05) is 29.3 Å². The lowest BCUT2D eigenvalue weighted by Gasteiger charge is -2.12. The largest absolute Gasteiger partial charge is 0.486 e. The van der Waals surface area contributed by atoms with Crippen molar-refractivity contribution in [3.8, 4) is 5.75 Å². The van der Waals surface area contributed by atoms with Crippen molar-refractivity contribution in [2.45, 2.75) is 6.61 Å². The molecule has 7 nitrogen and oxygen atoms in total. The maximum absolute atomic E-state index is 12.2. The van der Waals surface area contributed by atoms with E-state index in [1.807, 2.05) is 0 Å². The second-order valence-corrected chi connectivity index (χ2v) is 8.66. The van der Waals surface area contributed by atoms with Crippen LogP contribution in [0.4, 0.5) is 4.79 Å². The third-order valence-electron chi connectivity index (χ3n) is 3.97. The van der Waals surface area contributed by atoms with Crippen molar-refractivity contribution in [3.05, 3.63) is 66.1 Å². The minimum atomic E-state index is -1.28. The van der Waals surface area contributed by atoms with E-state index in [2.05, 4.69) is 37.2 Å². The summed E-state index contributed by atoms with van der Waals surface area (Å²) in [5, 5.41) is 12.2. The Morgan fingerprint density at radius 3 is 2.43 bits per heavy atom. The molecule has 1 aliphatic heterocycles. The Hall–Kier alpha value is -2.07. The van der Waals surface area contributed by atoms with Crippen molar-refractivity contribution in [3.63, 3.8) is 0 Å². The fourth-order valence-corrected chi connectivity index (χ4v) is 4.52. The molecule has 0 radical (unpaired) electrons. The van der Waals surface area contributed by atoms with Gasteiger partial charge < -0.3 is 15.2 Å². The number of halogens is 4. The highest BCUT2D eigenvalue weighted by atomic mass is 79.9. The lowest BCUT2D eigenvalue weighted by atomic mass is 10.2. The van der Waals surface area contributed by atoms with Gasteiger partial charge in [0.2, 0.25) is 0 Å². The number of rotatable bonds is 6. The molecule has 3 amide bonds. The molecule has 0 unspecified atom stereocenters. The first-order chi connectivity index (χ1) is 14.2. The number of carbonyl (C=O) groups excluding carboxylic acids is 2. The highest BCUT2D eigenvalue weighted by molar-refractivity contribution is 9.11. The van der Waals surface area contributed by atoms with Gasteiger partial charge in [-0.15, -0.1) is 0 Å². The molecule has 30 heavy (non-hydrogen) atoms. The number of carbonyl (C=O) groups is 3. The van der Waals surface area contributed by atoms with Gasteiger partial charge in [0.25, 0.3) is 5.91 Å². The van der Waals surface area contributed by atoms with Crippen LogP contribution in [0.25, 0.3) is 6.08 Å². The molecule has 2 N–H and O–H groups in total. The second kappa shape index (κ2) is 9.38. The van der Waals surface area contributed by atoms with Crippen molar-refractivity contribution in [2.24, 2.45) is 0 Å². The average molecular weight is 579 g/mol. The smallest absolute Gasteiger partial charge is 0.329 e. The molecule has 0 saturated carbocycles. The zero-order chi connectivity index (χ0) is 22.0. The van der Waals surface area contributed by atoms with Crippen molar-refractivity contribution in [2.75, 3.05) is 6.54 Å². The summed E-state index contributed by atoms with van der Waals surface area (Å²) in [7, 11) is 0. The maximum atomic E-state index is 12.2. The summed E-state index contributed by atoms with van der Waals surface area (Å²) in [4.78, 5) is 35.5. The topological polar surface area (TPSA) is 95.9 Å². The normalized spacial score (nSPS) is 14.9. The fourth-order valence-electron chi connectivity index (χ4n) is 2.61. The first-order valence-corrected chi connectivity index (χ1v) is 10.6. The van der Waals surface area contributed by atoms with Gasteiger partial charge in [0.15, 0.2) is 0 Å². The molecule has 11 heteroatoms. The van der Waals surface area contributed by atoms with E-state index in [0.717, 1.165) is 5.56 Å². The molecule has 0 spiro atoms. The number of hydrogen-bond acceptors (Lipinski definition) is 4. The number of amides is 3. The fraction of sp³-hybridized carbons (Fsp3) is 0.105. The molecule has 1 fully saturated rings. The van der Waals surface area contributed by atoms with E-state index in [9.17, 15) is 14.4 Å². The zero-order valence-electron chi connectivity index (χ0n) is 14.9. The van der Waals surface area contributed by atoms with Gasteiger partial charge in [0.05, 0.1) is 8.95 Å². The van der Waals surface area contributed by atoms with Gasteiger partial charge in [-0.05, 0) is 67.8 Å². The van der Waals surface area contributed by atoms with Crippen LogP contribution in [0.3, 0.4) is 0 Å². The Balaban J connectivity index is 1.79. The van der Waals surface area contributed by atoms with Crippen LogP contribution < -0.4 is 10.1 Å². The van der Waals surface area contributed by atoms with Crippen LogP contribution in [-0.2, 0) is 16.2 Å². The number of nitrogens with one attached hydrogen (secondary N) is 1. The van der Waals surface area contributed by atoms with Gasteiger partial charge in [0, 0.05) is 15.6 Å². The SMILES string of the molecule is O=C(O)CN1C(=O)N/C(=C/c2cc(Br)c(OCc3ccc(Cl)cc3Cl)c(Br)c2)C1=O. The summed E-state index contributed by atoms with van der Waals surface area (Å²) in [5.41, 5.74) is 1.30. The average Bonchev–Trinajstić information content (AvgIpc) is 2.89. The highest BCUT2D eigenvalue weighted by Gasteiger charge is 2.34. The third kappa shape index (κ3) is 5.15. The van der Waals surface area contributed by atoms with Crippen molar-refractivity contribution >= 4 is 79.0 Å². The quantitative estimate of drug-likeness (QED) is 0.368. The molecular weight excluding hydrogens is 567 g/mol. The Labute approximate surface area is 197 Å². The number of imide groups is 1. The molecule has 3 rings (SSSR count). The standard InChI is InChI=1S/C19H12Br2Cl2N2O5/c20-12-3-9(5-15-18(28)25(7-16(26)27)19(29)24-15)4-13(21)17(12)30-8-10-1-2-11(22)6-14(10)23/h1-6H,7-8H2,(H,24,29)(H,26,27)/b15-5+. The predicted octanol–water partition coefficient (Wildman–Crippen LogP) is 5.07. The van der Waals surface area contributed by atoms with E-state index in [-0.39, 0.29) is 12.3 Å². The van der Waals surface area contributed by atoms with Gasteiger partial charge in [-0.2, -0.15) is 0 Å². The number of carboxylic acids is 1. The summed E-state index contributed by atoms with van der Waals surface area (Å²) in [5.74, 6) is -1.49. The van der Waals surface area contributed by atoms with Gasteiger partial charge in [-0.3, -0.25) is 9.59 Å². The van der Waals surface area contributed by atoms with Gasteiger partial charge >= 0.3 is 12.0 Å². The number of hydrogen-bond donors (Lipinski definition) is 2. The van der Waals surface area contributed by atoms with Gasteiger partial charge in [-0.25, -0.2) is 9.69 Å². The van der Waals surface area contributed by atoms with E-state index in [1.54, 1.807) is 30.3 Å². The van der Waals surface area contributed by atoms with Crippen LogP contribution in [0, 0.1) is 0 Å². The molecule has 0 aliphatic carbocycles. The molecule has 2 aromatic rings. The molecule has 0 aromatic heterocycles. The third-order valence-corrected chi connectivity index (χ3v) is 5.74. The number of urea groups is 1. The van der Waals surface area contributed by atoms with Crippen molar-refractivity contribution in [1.82, 2.24) is 10.2 Å². The second-order valence-electron chi connectivity index (χ2n) is 6.11. The number of nitrogens with zero attached hydrogens (tertiary/aromatic N) is 1. The van der Waals surface area contributed by atoms with Crippen molar-refractivity contribution < 1.29 is 24.2 Å². The zero-order valence-corrected chi connectivity index (χ0v) is 19.6. The van der Waals surface area contributed by atoms with E-state index in [0.29, 0.717) is 35.2 Å². The van der Waals surface area contributed by atoms with Crippen LogP contribution in [0.2, 0.25) is 10.0 Å². The lowest BCUT2D eigenvalue weighted by Crippen LogP contribution is -2.35. The van der Waals surface area contributed by atoms with Gasteiger partial charge in [0.1, 0.15) is 24.6 Å². The van der Waals surface area contributed by atoms with E-state index >= 15 is 0 Å². The minimum absolute atomic E-state index is 0.0262. The Kier molecular flexibility index (Phi) is 7.07. The number of ether oxygens (including phenoxy) is 1. The first-order valence-electron chi connectivity index (χ1n) is 8.28. The van der Waals surface area contributed by atoms with E-state index in [1.165, 1.54) is 6.08 Å². The molecule has 1 saturated heterocycles. The number of aliphatic carboxylic acids is 1. The summed E-state index contributed by atoms with van der Waals surface area (Å²) in [6.07, 6.45) is 1.44. The number of benzene rings is 2. The molecule has 1 heterocycles. The number of carboxylic acid groups (broad SMARTS) is 1. The van der Waals surface area contributed by atoms with E-state index in [4.69, 9.17) is 33.0 Å². The molecule has 0 atom stereocenters. The monoisotopic (exact) mass is 576 g/mol. The first kappa shape index (κ1) is 22.6. The molecule has 156 valence electrons. The lowest BCUT2D eigenvalue weighted by molar-refractivity contribution is -0.140. The minimum Gasteiger partial charge on any atom is -0.486 e. The Bertz CT molecular complexity index is 1070. The van der Waals surface area contributed by atoms with Crippen molar-refractivity contribution in [1.29, 1.82) is 0 Å². The Morgan fingerprint density at radius 1 is 1.17 bits per heavy atom. The summed E-state index contributed by atoms with van der Waals surface area (Å²) < 4.78 is 7.03. The summed E-state index contributed by atoms with van der Waals surface area (Å²) >= 11 is 18.9. The highest BCUT2D eigenvalue weighted by Crippen LogP contribution is 2.36. The Morgan fingerprint density at radius 2 is 1.83 bits per heavy atom. The van der Waals surface area contributed by atoms with Crippen LogP contribution in [0.5, 0.6) is 5.75 Å². The molecule has 2 aromatic carbocycles. The van der Waals surface area contributed by atoms with Crippen LogP contribution in [0.1, 0.15) is 11.1 Å². The molecular formula is C19H12Br2Cl2N2O5.